The van der Waals surface area contributed by atoms with E-state index in [1.54, 1.807) is 24.3 Å². The highest BCUT2D eigenvalue weighted by Gasteiger charge is 2.20. The maximum Gasteiger partial charge on any atom is 0.252 e. The highest BCUT2D eigenvalue weighted by Crippen LogP contribution is 2.22. The van der Waals surface area contributed by atoms with E-state index in [1.807, 2.05) is 0 Å². The molecule has 1 aromatic carbocycles. The van der Waals surface area contributed by atoms with Gasteiger partial charge in [0.15, 0.2) is 6.29 Å². The number of aldehydes is 1. The van der Waals surface area contributed by atoms with Crippen LogP contribution in [-0.4, -0.2) is 24.8 Å². The fraction of sp³-hybridized carbons (Fsp3) is 0.467. The molecule has 0 bridgehead atoms. The average molecular weight is 260 g/mol. The fourth-order valence-corrected chi connectivity index (χ4v) is 2.66. The number of carbonyl (C=O) groups excluding carboxylic acids is 2. The first kappa shape index (κ1) is 13.7. The Kier molecular flexibility index (Phi) is 4.68. The van der Waals surface area contributed by atoms with Gasteiger partial charge in [0.1, 0.15) is 0 Å². The predicted octanol–water partition coefficient (Wildman–Crippen LogP) is 1.75. The van der Waals surface area contributed by atoms with Crippen LogP contribution in [-0.2, 0) is 0 Å². The summed E-state index contributed by atoms with van der Waals surface area (Å²) in [6, 6.07) is 7.10. The zero-order valence-electron chi connectivity index (χ0n) is 11.0. The monoisotopic (exact) mass is 260 g/mol. The molecule has 0 aliphatic heterocycles. The lowest BCUT2D eigenvalue weighted by molar-refractivity contribution is 0.0937. The smallest absolute Gasteiger partial charge is 0.252 e. The maximum atomic E-state index is 12.0. The second kappa shape index (κ2) is 6.48. The molecule has 4 nitrogen and oxygen atoms in total. The van der Waals surface area contributed by atoms with Crippen LogP contribution in [0, 0.1) is 5.92 Å². The van der Waals surface area contributed by atoms with Crippen molar-refractivity contribution in [3.05, 3.63) is 35.4 Å². The summed E-state index contributed by atoms with van der Waals surface area (Å²) < 4.78 is 0. The summed E-state index contributed by atoms with van der Waals surface area (Å²) in [7, 11) is 0. The second-order valence-corrected chi connectivity index (χ2v) is 5.21. The summed E-state index contributed by atoms with van der Waals surface area (Å²) in [4.78, 5) is 22.9. The molecule has 0 radical (unpaired) electrons. The van der Waals surface area contributed by atoms with Crippen molar-refractivity contribution in [1.29, 1.82) is 0 Å². The summed E-state index contributed by atoms with van der Waals surface area (Å²) >= 11 is 0. The highest BCUT2D eigenvalue weighted by atomic mass is 16.1. The molecule has 2 unspecified atom stereocenters. The number of nitrogens with one attached hydrogen (secondary N) is 1. The Hall–Kier alpha value is -1.68. The largest absolute Gasteiger partial charge is 0.352 e. The van der Waals surface area contributed by atoms with Gasteiger partial charge in [0, 0.05) is 23.7 Å². The first-order chi connectivity index (χ1) is 9.20. The van der Waals surface area contributed by atoms with E-state index < -0.39 is 0 Å². The normalized spacial score (nSPS) is 22.8. The molecule has 1 saturated carbocycles. The van der Waals surface area contributed by atoms with E-state index in [-0.39, 0.29) is 11.9 Å². The van der Waals surface area contributed by atoms with E-state index in [9.17, 15) is 9.59 Å². The minimum absolute atomic E-state index is 0.179. The van der Waals surface area contributed by atoms with Crippen LogP contribution in [0.4, 0.5) is 0 Å². The molecule has 1 aliphatic carbocycles. The SMILES string of the molecule is NC1CCCC(CNC(=O)c2ccccc2C=O)C1. The number of hydrogen-bond acceptors (Lipinski definition) is 3. The molecular weight excluding hydrogens is 240 g/mol. The standard InChI is InChI=1S/C15H20N2O2/c16-13-6-3-4-11(8-13)9-17-15(19)14-7-2-1-5-12(14)10-18/h1-2,5,7,10-11,13H,3-4,6,8-9,16H2,(H,17,19). The quantitative estimate of drug-likeness (QED) is 0.810. The van der Waals surface area contributed by atoms with E-state index in [0.717, 1.165) is 25.7 Å². The summed E-state index contributed by atoms with van der Waals surface area (Å²) in [5, 5.41) is 2.91. The van der Waals surface area contributed by atoms with Crippen molar-refractivity contribution in [3.63, 3.8) is 0 Å². The number of nitrogens with two attached hydrogens (primary N) is 1. The first-order valence-corrected chi connectivity index (χ1v) is 6.78. The Balaban J connectivity index is 1.92. The summed E-state index contributed by atoms with van der Waals surface area (Å²) in [5.41, 5.74) is 6.80. The Morgan fingerprint density at radius 2 is 2.16 bits per heavy atom. The third kappa shape index (κ3) is 3.64. The maximum absolute atomic E-state index is 12.0. The summed E-state index contributed by atoms with van der Waals surface area (Å²) in [6.07, 6.45) is 5.01. The lowest BCUT2D eigenvalue weighted by atomic mass is 9.86. The Morgan fingerprint density at radius 1 is 1.37 bits per heavy atom. The van der Waals surface area contributed by atoms with Crippen LogP contribution in [0.5, 0.6) is 0 Å². The molecular formula is C15H20N2O2. The van der Waals surface area contributed by atoms with Crippen LogP contribution in [0.2, 0.25) is 0 Å². The molecule has 0 aromatic heterocycles. The van der Waals surface area contributed by atoms with Gasteiger partial charge in [-0.2, -0.15) is 0 Å². The molecule has 19 heavy (non-hydrogen) atoms. The van der Waals surface area contributed by atoms with Gasteiger partial charge in [-0.1, -0.05) is 24.6 Å². The molecule has 102 valence electrons. The van der Waals surface area contributed by atoms with Crippen LogP contribution >= 0.6 is 0 Å². The predicted molar refractivity (Wildman–Crippen MR) is 74.1 cm³/mol. The van der Waals surface area contributed by atoms with Crippen LogP contribution < -0.4 is 11.1 Å². The van der Waals surface area contributed by atoms with Gasteiger partial charge in [0.2, 0.25) is 0 Å². The number of benzene rings is 1. The van der Waals surface area contributed by atoms with E-state index in [0.29, 0.717) is 29.9 Å². The molecule has 2 rings (SSSR count). The van der Waals surface area contributed by atoms with Gasteiger partial charge in [-0.25, -0.2) is 0 Å². The number of hydrogen-bond donors (Lipinski definition) is 2. The molecule has 3 N–H and O–H groups in total. The summed E-state index contributed by atoms with van der Waals surface area (Å²) in [6.45, 7) is 0.639. The van der Waals surface area contributed by atoms with E-state index >= 15 is 0 Å². The number of carbonyl (C=O) groups is 2. The first-order valence-electron chi connectivity index (χ1n) is 6.78. The van der Waals surface area contributed by atoms with Crippen LogP contribution in [0.1, 0.15) is 46.4 Å². The van der Waals surface area contributed by atoms with Gasteiger partial charge in [0.25, 0.3) is 5.91 Å². The van der Waals surface area contributed by atoms with E-state index in [1.165, 1.54) is 0 Å². The third-order valence-corrected chi connectivity index (χ3v) is 3.71. The molecule has 1 aromatic rings. The van der Waals surface area contributed by atoms with Crippen molar-refractivity contribution in [2.45, 2.75) is 31.7 Å². The Bertz CT molecular complexity index is 459. The highest BCUT2D eigenvalue weighted by molar-refractivity contribution is 6.01. The number of rotatable bonds is 4. The van der Waals surface area contributed by atoms with Gasteiger partial charge in [0.05, 0.1) is 0 Å². The zero-order chi connectivity index (χ0) is 13.7. The lowest BCUT2D eigenvalue weighted by Gasteiger charge is -2.26. The van der Waals surface area contributed by atoms with Crippen molar-refractivity contribution in [1.82, 2.24) is 5.32 Å². The van der Waals surface area contributed by atoms with Crippen molar-refractivity contribution in [2.75, 3.05) is 6.54 Å². The minimum Gasteiger partial charge on any atom is -0.352 e. The van der Waals surface area contributed by atoms with Crippen molar-refractivity contribution in [3.8, 4) is 0 Å². The van der Waals surface area contributed by atoms with Crippen LogP contribution in [0.3, 0.4) is 0 Å². The van der Waals surface area contributed by atoms with Crippen LogP contribution in [0.15, 0.2) is 24.3 Å². The van der Waals surface area contributed by atoms with Crippen molar-refractivity contribution in [2.24, 2.45) is 11.7 Å². The minimum atomic E-state index is -0.179. The molecule has 1 fully saturated rings. The fourth-order valence-electron chi connectivity index (χ4n) is 2.66. The molecule has 2 atom stereocenters. The molecule has 0 spiro atoms. The molecule has 0 heterocycles. The average Bonchev–Trinajstić information content (AvgIpc) is 2.45. The van der Waals surface area contributed by atoms with Gasteiger partial charge < -0.3 is 11.1 Å². The molecule has 1 amide bonds. The number of amides is 1. The van der Waals surface area contributed by atoms with Crippen LogP contribution in [0.25, 0.3) is 0 Å². The molecule has 4 heteroatoms. The summed E-state index contributed by atoms with van der Waals surface area (Å²) in [5.74, 6) is 0.276. The van der Waals surface area contributed by atoms with Gasteiger partial charge >= 0.3 is 0 Å². The van der Waals surface area contributed by atoms with Gasteiger partial charge in [-0.3, -0.25) is 9.59 Å². The second-order valence-electron chi connectivity index (χ2n) is 5.21. The topological polar surface area (TPSA) is 72.2 Å². The zero-order valence-corrected chi connectivity index (χ0v) is 11.0. The molecule has 1 aliphatic rings. The van der Waals surface area contributed by atoms with Crippen molar-refractivity contribution < 1.29 is 9.59 Å². The van der Waals surface area contributed by atoms with Gasteiger partial charge in [-0.15, -0.1) is 0 Å². The van der Waals surface area contributed by atoms with Crippen molar-refractivity contribution >= 4 is 12.2 Å². The van der Waals surface area contributed by atoms with E-state index in [4.69, 9.17) is 5.73 Å². The Morgan fingerprint density at radius 3 is 2.89 bits per heavy atom. The Labute approximate surface area is 113 Å². The lowest BCUT2D eigenvalue weighted by Crippen LogP contribution is -2.35. The third-order valence-electron chi connectivity index (χ3n) is 3.71. The molecule has 0 saturated heterocycles. The van der Waals surface area contributed by atoms with Gasteiger partial charge in [-0.05, 0) is 31.2 Å². The van der Waals surface area contributed by atoms with E-state index in [2.05, 4.69) is 5.32 Å².